The molecular weight excluding hydrogens is 288 g/mol. The number of piperidine rings is 1. The zero-order valence-electron chi connectivity index (χ0n) is 14.5. The van der Waals surface area contributed by atoms with E-state index >= 15 is 0 Å². The molecule has 0 radical (unpaired) electrons. The molecule has 3 rings (SSSR count). The monoisotopic (exact) mass is 316 g/mol. The normalized spacial score (nSPS) is 22.0. The van der Waals surface area contributed by atoms with E-state index < -0.39 is 0 Å². The second kappa shape index (κ2) is 6.81. The van der Waals surface area contributed by atoms with Gasteiger partial charge in [0.2, 0.25) is 0 Å². The Bertz CT molecular complexity index is 568. The van der Waals surface area contributed by atoms with Crippen molar-refractivity contribution in [1.29, 1.82) is 0 Å². The van der Waals surface area contributed by atoms with Crippen molar-refractivity contribution in [2.75, 3.05) is 31.1 Å². The molecule has 0 spiro atoms. The molecule has 0 aromatic heterocycles. The highest BCUT2D eigenvalue weighted by Gasteiger charge is 2.48. The molecule has 4 nitrogen and oxygen atoms in total. The van der Waals surface area contributed by atoms with E-state index in [2.05, 4.69) is 11.8 Å². The van der Waals surface area contributed by atoms with Gasteiger partial charge in [-0.25, -0.2) is 0 Å². The topological polar surface area (TPSA) is 32.8 Å². The maximum absolute atomic E-state index is 13.0. The first kappa shape index (κ1) is 16.2. The summed E-state index contributed by atoms with van der Waals surface area (Å²) < 4.78 is 5.99. The molecule has 1 aromatic rings. The van der Waals surface area contributed by atoms with Crippen LogP contribution in [0.1, 0.15) is 50.4 Å². The summed E-state index contributed by atoms with van der Waals surface area (Å²) in [7, 11) is 0. The molecule has 2 aliphatic rings. The van der Waals surface area contributed by atoms with Crippen LogP contribution in [0.15, 0.2) is 18.2 Å². The smallest absolute Gasteiger partial charge is 0.256 e. The van der Waals surface area contributed by atoms with Crippen molar-refractivity contribution in [1.82, 2.24) is 4.90 Å². The number of ether oxygens (including phenoxy) is 1. The molecule has 4 heteroatoms. The van der Waals surface area contributed by atoms with E-state index in [1.165, 1.54) is 12.8 Å². The number of nitrogens with zero attached hydrogens (tertiary/aromatic N) is 2. The summed E-state index contributed by atoms with van der Waals surface area (Å²) in [6.45, 7) is 9.38. The van der Waals surface area contributed by atoms with Crippen molar-refractivity contribution in [3.05, 3.63) is 23.8 Å². The van der Waals surface area contributed by atoms with E-state index in [1.807, 2.05) is 36.9 Å². The van der Waals surface area contributed by atoms with Gasteiger partial charge >= 0.3 is 0 Å². The molecular formula is C19H28N2O2. The Morgan fingerprint density at radius 2 is 2.09 bits per heavy atom. The van der Waals surface area contributed by atoms with E-state index in [1.54, 1.807) is 0 Å². The molecule has 23 heavy (non-hydrogen) atoms. The van der Waals surface area contributed by atoms with Crippen LogP contribution in [0.4, 0.5) is 5.69 Å². The summed E-state index contributed by atoms with van der Waals surface area (Å²) in [4.78, 5) is 17.3. The zero-order chi connectivity index (χ0) is 16.4. The molecule has 126 valence electrons. The van der Waals surface area contributed by atoms with Crippen LogP contribution in [0.5, 0.6) is 5.75 Å². The van der Waals surface area contributed by atoms with Gasteiger partial charge in [-0.2, -0.15) is 0 Å². The average Bonchev–Trinajstić information content (AvgIpc) is 3.24. The van der Waals surface area contributed by atoms with Crippen LogP contribution in [0.25, 0.3) is 0 Å². The van der Waals surface area contributed by atoms with E-state index in [9.17, 15) is 4.79 Å². The van der Waals surface area contributed by atoms with Crippen LogP contribution < -0.4 is 9.64 Å². The summed E-state index contributed by atoms with van der Waals surface area (Å²) >= 11 is 0. The Morgan fingerprint density at radius 1 is 1.30 bits per heavy atom. The summed E-state index contributed by atoms with van der Waals surface area (Å²) in [5, 5.41) is 0. The third-order valence-electron chi connectivity index (χ3n) is 5.06. The minimum absolute atomic E-state index is 0.121. The van der Waals surface area contributed by atoms with Crippen molar-refractivity contribution in [3.63, 3.8) is 0 Å². The fourth-order valence-electron chi connectivity index (χ4n) is 3.67. The number of amides is 1. The number of carbonyl (C=O) groups excluding carboxylic acids is 1. The molecule has 2 atom stereocenters. The number of anilines is 1. The number of fused-ring (bicyclic) bond motifs is 1. The maximum Gasteiger partial charge on any atom is 0.256 e. The third-order valence-corrected chi connectivity index (χ3v) is 5.06. The van der Waals surface area contributed by atoms with Gasteiger partial charge in [-0.05, 0) is 51.2 Å². The maximum atomic E-state index is 13.0. The molecule has 1 amide bonds. The number of hydrogen-bond donors (Lipinski definition) is 0. The SMILES string of the molecule is CCCOc1cccc(C(=O)N(CC)CC)c1N1CCC2CC21. The summed E-state index contributed by atoms with van der Waals surface area (Å²) in [6.07, 6.45) is 3.48. The molecule has 0 N–H and O–H groups in total. The lowest BCUT2D eigenvalue weighted by Gasteiger charge is -2.28. The van der Waals surface area contributed by atoms with Crippen molar-refractivity contribution < 1.29 is 9.53 Å². The summed E-state index contributed by atoms with van der Waals surface area (Å²) in [5.74, 6) is 1.82. The number of hydrogen-bond acceptors (Lipinski definition) is 3. The first-order valence-electron chi connectivity index (χ1n) is 9.02. The van der Waals surface area contributed by atoms with E-state index in [4.69, 9.17) is 4.74 Å². The highest BCUT2D eigenvalue weighted by Crippen LogP contribution is 2.49. The first-order valence-corrected chi connectivity index (χ1v) is 9.02. The van der Waals surface area contributed by atoms with Crippen molar-refractivity contribution in [2.45, 2.75) is 46.1 Å². The Kier molecular flexibility index (Phi) is 4.79. The van der Waals surface area contributed by atoms with Crippen molar-refractivity contribution in [2.24, 2.45) is 5.92 Å². The van der Waals surface area contributed by atoms with Gasteiger partial charge in [0, 0.05) is 25.7 Å². The van der Waals surface area contributed by atoms with Crippen molar-refractivity contribution in [3.8, 4) is 5.75 Å². The lowest BCUT2D eigenvalue weighted by molar-refractivity contribution is 0.0773. The van der Waals surface area contributed by atoms with Crippen LogP contribution in [0.2, 0.25) is 0 Å². The minimum atomic E-state index is 0.121. The lowest BCUT2D eigenvalue weighted by atomic mass is 10.1. The summed E-state index contributed by atoms with van der Waals surface area (Å²) in [5.41, 5.74) is 1.83. The van der Waals surface area contributed by atoms with Crippen LogP contribution in [-0.2, 0) is 0 Å². The van der Waals surface area contributed by atoms with E-state index in [0.717, 1.165) is 49.0 Å². The predicted molar refractivity (Wildman–Crippen MR) is 93.3 cm³/mol. The molecule has 1 aliphatic heterocycles. The molecule has 1 saturated heterocycles. The number of benzene rings is 1. The highest BCUT2D eigenvalue weighted by molar-refractivity contribution is 6.01. The first-order chi connectivity index (χ1) is 11.2. The Hall–Kier alpha value is -1.71. The van der Waals surface area contributed by atoms with Gasteiger partial charge in [0.25, 0.3) is 5.91 Å². The Balaban J connectivity index is 1.98. The van der Waals surface area contributed by atoms with Gasteiger partial charge in [-0.3, -0.25) is 4.79 Å². The van der Waals surface area contributed by atoms with Gasteiger partial charge in [0.1, 0.15) is 5.75 Å². The van der Waals surface area contributed by atoms with Gasteiger partial charge in [-0.1, -0.05) is 13.0 Å². The third kappa shape index (κ3) is 3.04. The Morgan fingerprint density at radius 3 is 2.65 bits per heavy atom. The fourth-order valence-corrected chi connectivity index (χ4v) is 3.67. The minimum Gasteiger partial charge on any atom is -0.491 e. The van der Waals surface area contributed by atoms with E-state index in [0.29, 0.717) is 12.6 Å². The second-order valence-corrected chi connectivity index (χ2v) is 6.52. The fraction of sp³-hybridized carbons (Fsp3) is 0.632. The van der Waals surface area contributed by atoms with E-state index in [-0.39, 0.29) is 5.91 Å². The standard InChI is InChI=1S/C19H28N2O2/c1-4-12-23-17-9-7-8-15(19(22)20(5-2)6-3)18(17)21-11-10-14-13-16(14)21/h7-9,14,16H,4-6,10-13H2,1-3H3. The molecule has 1 saturated carbocycles. The molecule has 0 bridgehead atoms. The molecule has 1 heterocycles. The number of rotatable bonds is 7. The predicted octanol–water partition coefficient (Wildman–Crippen LogP) is 3.56. The zero-order valence-corrected chi connectivity index (χ0v) is 14.5. The molecule has 1 aliphatic carbocycles. The van der Waals surface area contributed by atoms with Gasteiger partial charge < -0.3 is 14.5 Å². The van der Waals surface area contributed by atoms with Crippen molar-refractivity contribution >= 4 is 11.6 Å². The van der Waals surface area contributed by atoms with Gasteiger partial charge in [-0.15, -0.1) is 0 Å². The quantitative estimate of drug-likeness (QED) is 0.771. The van der Waals surface area contributed by atoms with Crippen LogP contribution in [-0.4, -0.2) is 43.1 Å². The summed E-state index contributed by atoms with van der Waals surface area (Å²) in [6, 6.07) is 6.54. The Labute approximate surface area is 139 Å². The van der Waals surface area contributed by atoms with Gasteiger partial charge in [0.15, 0.2) is 0 Å². The van der Waals surface area contributed by atoms with Crippen LogP contribution in [0.3, 0.4) is 0 Å². The number of carbonyl (C=O) groups is 1. The largest absolute Gasteiger partial charge is 0.491 e. The molecule has 2 fully saturated rings. The number of para-hydroxylation sites is 1. The average molecular weight is 316 g/mol. The molecule has 1 aromatic carbocycles. The van der Waals surface area contributed by atoms with Crippen LogP contribution >= 0.6 is 0 Å². The van der Waals surface area contributed by atoms with Crippen LogP contribution in [0, 0.1) is 5.92 Å². The highest BCUT2D eigenvalue weighted by atomic mass is 16.5. The molecule has 2 unspecified atom stereocenters. The second-order valence-electron chi connectivity index (χ2n) is 6.52. The van der Waals surface area contributed by atoms with Gasteiger partial charge in [0.05, 0.1) is 17.9 Å². The lowest BCUT2D eigenvalue weighted by Crippen LogP contribution is -2.33.